The van der Waals surface area contributed by atoms with E-state index in [4.69, 9.17) is 0 Å². The van der Waals surface area contributed by atoms with Crippen molar-refractivity contribution in [3.05, 3.63) is 0 Å². The Balaban J connectivity index is 0.000000217. The number of piperidine rings is 1. The molecule has 1 amide bonds. The maximum atomic E-state index is 9.54. The van der Waals surface area contributed by atoms with Crippen molar-refractivity contribution >= 4 is 21.8 Å². The Kier molecular flexibility index (Phi) is 7.50. The molecule has 0 aromatic rings. The quantitative estimate of drug-likeness (QED) is 0.665. The van der Waals surface area contributed by atoms with Gasteiger partial charge in [-0.3, -0.25) is 4.79 Å². The Morgan fingerprint density at radius 3 is 2.50 bits per heavy atom. The fourth-order valence-electron chi connectivity index (χ4n) is 1.03. The van der Waals surface area contributed by atoms with Gasteiger partial charge in [-0.2, -0.15) is 0 Å². The summed E-state index contributed by atoms with van der Waals surface area (Å²) in [5, 5.41) is 3.59. The second kappa shape index (κ2) is 7.55. The third-order valence-electron chi connectivity index (χ3n) is 1.67. The summed E-state index contributed by atoms with van der Waals surface area (Å²) >= 11 is 2.84. The van der Waals surface area contributed by atoms with Gasteiger partial charge in [-0.15, -0.1) is 0 Å². The van der Waals surface area contributed by atoms with Crippen molar-refractivity contribution in [1.82, 2.24) is 5.32 Å². The van der Waals surface area contributed by atoms with Gasteiger partial charge in [0.15, 0.2) is 0 Å². The number of nitrogens with two attached hydrogens (primary N) is 1. The van der Waals surface area contributed by atoms with Gasteiger partial charge in [0.1, 0.15) is 0 Å². The normalized spacial score (nSPS) is 22.3. The van der Waals surface area contributed by atoms with Crippen LogP contribution in [0.25, 0.3) is 0 Å². The maximum Gasteiger partial charge on any atom is 0.228 e. The molecule has 1 atom stereocenters. The molecule has 1 heterocycles. The van der Waals surface area contributed by atoms with Crippen LogP contribution in [0.3, 0.4) is 0 Å². The van der Waals surface area contributed by atoms with Gasteiger partial charge in [0, 0.05) is 0 Å². The summed E-state index contributed by atoms with van der Waals surface area (Å²) in [6, 6.07) is 0. The molecule has 3 nitrogen and oxygen atoms in total. The van der Waals surface area contributed by atoms with E-state index in [1.807, 2.05) is 0 Å². The van der Waals surface area contributed by atoms with E-state index in [-0.39, 0.29) is 11.2 Å². The summed E-state index contributed by atoms with van der Waals surface area (Å²) in [4.78, 5) is 9.54. The molecule has 1 saturated heterocycles. The molecule has 0 bridgehead atoms. The highest BCUT2D eigenvalue weighted by molar-refractivity contribution is 9.09. The van der Waals surface area contributed by atoms with Gasteiger partial charge in [0.05, 0.1) is 5.33 Å². The summed E-state index contributed by atoms with van der Waals surface area (Å²) in [6.45, 7) is 4.77. The first-order chi connectivity index (χ1) is 5.66. The third kappa shape index (κ3) is 8.01. The van der Waals surface area contributed by atoms with Crippen molar-refractivity contribution in [2.45, 2.75) is 19.8 Å². The van der Waals surface area contributed by atoms with Crippen molar-refractivity contribution in [1.29, 1.82) is 0 Å². The van der Waals surface area contributed by atoms with Crippen LogP contribution in [-0.4, -0.2) is 24.3 Å². The largest absolute Gasteiger partial charge is 0.369 e. The molecule has 1 aliphatic rings. The Morgan fingerprint density at radius 1 is 1.75 bits per heavy atom. The first-order valence-electron chi connectivity index (χ1n) is 4.21. The van der Waals surface area contributed by atoms with Gasteiger partial charge in [0.2, 0.25) is 5.91 Å². The second-order valence-electron chi connectivity index (χ2n) is 3.05. The summed E-state index contributed by atoms with van der Waals surface area (Å²) in [6.07, 6.45) is 2.80. The van der Waals surface area contributed by atoms with Crippen LogP contribution >= 0.6 is 15.9 Å². The number of carbonyl (C=O) groups excluding carboxylic acids is 1. The molecule has 0 radical (unpaired) electrons. The number of hydrogen-bond acceptors (Lipinski definition) is 2. The van der Waals surface area contributed by atoms with Crippen molar-refractivity contribution in [2.24, 2.45) is 11.7 Å². The molecule has 72 valence electrons. The van der Waals surface area contributed by atoms with E-state index < -0.39 is 0 Å². The molecule has 0 saturated carbocycles. The van der Waals surface area contributed by atoms with E-state index in [9.17, 15) is 4.79 Å². The number of alkyl halides is 1. The number of halogens is 1. The standard InChI is InChI=1S/C6H13N.C2H4BrNO/c1-6-3-2-4-7-5-6;3-1-2(4)5/h6-7H,2-5H2,1H3;1H2,(H2,4,5). The van der Waals surface area contributed by atoms with E-state index in [2.05, 4.69) is 33.9 Å². The van der Waals surface area contributed by atoms with E-state index in [1.165, 1.54) is 25.9 Å². The number of carbonyl (C=O) groups is 1. The lowest BCUT2D eigenvalue weighted by Crippen LogP contribution is -2.27. The van der Waals surface area contributed by atoms with Crippen LogP contribution in [0.15, 0.2) is 0 Å². The highest BCUT2D eigenvalue weighted by Gasteiger charge is 2.04. The number of primary amides is 1. The minimum absolute atomic E-state index is 0.257. The summed E-state index contributed by atoms with van der Waals surface area (Å²) in [7, 11) is 0. The van der Waals surface area contributed by atoms with Crippen LogP contribution < -0.4 is 11.1 Å². The molecule has 4 heteroatoms. The minimum Gasteiger partial charge on any atom is -0.369 e. The monoisotopic (exact) mass is 236 g/mol. The van der Waals surface area contributed by atoms with Crippen LogP contribution in [0.5, 0.6) is 0 Å². The molecule has 0 spiro atoms. The van der Waals surface area contributed by atoms with E-state index in [1.54, 1.807) is 0 Å². The fourth-order valence-corrected chi connectivity index (χ4v) is 1.03. The zero-order valence-electron chi connectivity index (χ0n) is 7.48. The number of rotatable bonds is 1. The molecular weight excluding hydrogens is 220 g/mol. The molecule has 1 unspecified atom stereocenters. The first-order valence-corrected chi connectivity index (χ1v) is 5.34. The lowest BCUT2D eigenvalue weighted by atomic mass is 10.0. The van der Waals surface area contributed by atoms with Gasteiger partial charge in [-0.25, -0.2) is 0 Å². The lowest BCUT2D eigenvalue weighted by molar-refractivity contribution is -0.115. The van der Waals surface area contributed by atoms with Gasteiger partial charge in [-0.05, 0) is 31.8 Å². The van der Waals surface area contributed by atoms with Crippen LogP contribution in [-0.2, 0) is 4.79 Å². The predicted molar refractivity (Wildman–Crippen MR) is 54.3 cm³/mol. The topological polar surface area (TPSA) is 55.1 Å². The molecular formula is C8H17BrN2O. The smallest absolute Gasteiger partial charge is 0.228 e. The minimum atomic E-state index is -0.329. The van der Waals surface area contributed by atoms with Crippen LogP contribution in [0.4, 0.5) is 0 Å². The molecule has 3 N–H and O–H groups in total. The Hall–Kier alpha value is -0.0900. The van der Waals surface area contributed by atoms with Crippen molar-refractivity contribution in [3.8, 4) is 0 Å². The molecule has 1 fully saturated rings. The average molecular weight is 237 g/mol. The SMILES string of the molecule is CC1CCCNC1.NC(=O)CBr. The van der Waals surface area contributed by atoms with Crippen LogP contribution in [0.1, 0.15) is 19.8 Å². The highest BCUT2D eigenvalue weighted by Crippen LogP contribution is 2.06. The lowest BCUT2D eigenvalue weighted by Gasteiger charge is -2.17. The van der Waals surface area contributed by atoms with Crippen molar-refractivity contribution in [3.63, 3.8) is 0 Å². The predicted octanol–water partition coefficient (Wildman–Crippen LogP) is 0.873. The van der Waals surface area contributed by atoms with Gasteiger partial charge < -0.3 is 11.1 Å². The molecule has 0 aromatic carbocycles. The van der Waals surface area contributed by atoms with Gasteiger partial charge in [-0.1, -0.05) is 22.9 Å². The van der Waals surface area contributed by atoms with Gasteiger partial charge >= 0.3 is 0 Å². The highest BCUT2D eigenvalue weighted by atomic mass is 79.9. The molecule has 12 heavy (non-hydrogen) atoms. The first kappa shape index (κ1) is 11.9. The van der Waals surface area contributed by atoms with Crippen molar-refractivity contribution in [2.75, 3.05) is 18.4 Å². The van der Waals surface area contributed by atoms with Crippen LogP contribution in [0, 0.1) is 5.92 Å². The zero-order valence-corrected chi connectivity index (χ0v) is 9.06. The fraction of sp³-hybridized carbons (Fsp3) is 0.875. The molecule has 0 aliphatic carbocycles. The van der Waals surface area contributed by atoms with Crippen LogP contribution in [0.2, 0.25) is 0 Å². The third-order valence-corrected chi connectivity index (χ3v) is 2.23. The zero-order chi connectivity index (χ0) is 9.40. The average Bonchev–Trinajstić information content (AvgIpc) is 2.07. The number of amides is 1. The summed E-state index contributed by atoms with van der Waals surface area (Å²) in [5.41, 5.74) is 4.61. The van der Waals surface area contributed by atoms with E-state index in [0.29, 0.717) is 0 Å². The molecule has 0 aromatic heterocycles. The number of hydrogen-bond donors (Lipinski definition) is 2. The summed E-state index contributed by atoms with van der Waals surface area (Å²) in [5.74, 6) is 0.596. The Morgan fingerprint density at radius 2 is 2.33 bits per heavy atom. The van der Waals surface area contributed by atoms with Crippen molar-refractivity contribution < 1.29 is 4.79 Å². The second-order valence-corrected chi connectivity index (χ2v) is 3.61. The Bertz CT molecular complexity index is 124. The summed E-state index contributed by atoms with van der Waals surface area (Å²) < 4.78 is 0. The maximum absolute atomic E-state index is 9.54. The van der Waals surface area contributed by atoms with E-state index in [0.717, 1.165) is 5.92 Å². The molecule has 1 rings (SSSR count). The van der Waals surface area contributed by atoms with E-state index >= 15 is 0 Å². The van der Waals surface area contributed by atoms with Gasteiger partial charge in [0.25, 0.3) is 0 Å². The number of nitrogens with one attached hydrogen (secondary N) is 1. The Labute approximate surface area is 82.2 Å². The molecule has 1 aliphatic heterocycles.